The van der Waals surface area contributed by atoms with Gasteiger partial charge in [-0.2, -0.15) is 13.2 Å². The molecule has 1 N–H and O–H groups in total. The predicted molar refractivity (Wildman–Crippen MR) is 104 cm³/mol. The summed E-state index contributed by atoms with van der Waals surface area (Å²) in [5.41, 5.74) is 1.95. The van der Waals surface area contributed by atoms with Crippen LogP contribution in [0.15, 0.2) is 42.5 Å². The van der Waals surface area contributed by atoms with Crippen LogP contribution < -0.4 is 5.32 Å². The Hall–Kier alpha value is -2.87. The second-order valence-corrected chi connectivity index (χ2v) is 7.58. The van der Waals surface area contributed by atoms with Crippen molar-refractivity contribution in [3.63, 3.8) is 0 Å². The van der Waals surface area contributed by atoms with E-state index in [9.17, 15) is 22.8 Å². The lowest BCUT2D eigenvalue weighted by Crippen LogP contribution is -2.40. The van der Waals surface area contributed by atoms with Crippen LogP contribution in [-0.2, 0) is 28.7 Å². The van der Waals surface area contributed by atoms with Crippen molar-refractivity contribution in [3.05, 3.63) is 64.7 Å². The van der Waals surface area contributed by atoms with Gasteiger partial charge in [-0.3, -0.25) is 9.59 Å². The molecule has 2 heterocycles. The van der Waals surface area contributed by atoms with Gasteiger partial charge < -0.3 is 15.0 Å². The Morgan fingerprint density at radius 1 is 1.07 bits per heavy atom. The number of anilines is 1. The lowest BCUT2D eigenvalue weighted by atomic mass is 9.97. The number of nitrogens with one attached hydrogen (secondary N) is 1. The van der Waals surface area contributed by atoms with Crippen LogP contribution in [0.25, 0.3) is 0 Å². The summed E-state index contributed by atoms with van der Waals surface area (Å²) >= 11 is 0. The van der Waals surface area contributed by atoms with Crippen molar-refractivity contribution >= 4 is 17.5 Å². The zero-order valence-corrected chi connectivity index (χ0v) is 16.2. The van der Waals surface area contributed by atoms with Crippen molar-refractivity contribution in [2.45, 2.75) is 25.6 Å². The second kappa shape index (κ2) is 8.10. The summed E-state index contributed by atoms with van der Waals surface area (Å²) in [5.74, 6) is -0.484. The number of hydrogen-bond acceptors (Lipinski definition) is 3. The number of nitrogens with zero attached hydrogens (tertiary/aromatic N) is 1. The molecule has 1 fully saturated rings. The van der Waals surface area contributed by atoms with Gasteiger partial charge in [-0.1, -0.05) is 6.07 Å². The predicted octanol–water partition coefficient (Wildman–Crippen LogP) is 3.88. The van der Waals surface area contributed by atoms with Crippen molar-refractivity contribution in [1.29, 1.82) is 0 Å². The zero-order chi connectivity index (χ0) is 21.3. The smallest absolute Gasteiger partial charge is 0.381 e. The largest absolute Gasteiger partial charge is 0.416 e. The number of rotatable bonds is 3. The molecule has 0 spiro atoms. The highest BCUT2D eigenvalue weighted by Crippen LogP contribution is 2.29. The Kier molecular flexibility index (Phi) is 5.51. The first-order valence-electron chi connectivity index (χ1n) is 9.78. The highest BCUT2D eigenvalue weighted by atomic mass is 19.4. The molecule has 5 nitrogen and oxygen atoms in total. The van der Waals surface area contributed by atoms with Gasteiger partial charge >= 0.3 is 6.18 Å². The Morgan fingerprint density at radius 3 is 2.50 bits per heavy atom. The van der Waals surface area contributed by atoms with Crippen LogP contribution in [0.2, 0.25) is 0 Å². The van der Waals surface area contributed by atoms with E-state index in [0.29, 0.717) is 32.0 Å². The minimum absolute atomic E-state index is 0.0888. The number of hydrogen-bond donors (Lipinski definition) is 1. The van der Waals surface area contributed by atoms with Gasteiger partial charge in [-0.25, -0.2) is 0 Å². The molecule has 2 amide bonds. The Morgan fingerprint density at radius 2 is 1.83 bits per heavy atom. The first-order valence-corrected chi connectivity index (χ1v) is 9.78. The lowest BCUT2D eigenvalue weighted by Gasteiger charge is -2.31. The van der Waals surface area contributed by atoms with Crippen molar-refractivity contribution in [3.8, 4) is 0 Å². The van der Waals surface area contributed by atoms with Crippen LogP contribution >= 0.6 is 0 Å². The standard InChI is InChI=1S/C22H21F3N2O3/c23-22(24,25)18-4-1-15(2-5-18)20(28)26-19-6-3-14-7-9-27(12-17(14)11-19)21(29)16-8-10-30-13-16/h1-6,11,16H,7-10,12-13H2,(H,26,28)/t16-/m0/s1. The van der Waals surface area contributed by atoms with Gasteiger partial charge in [0.15, 0.2) is 0 Å². The average molecular weight is 418 g/mol. The fraction of sp³-hybridized carbons (Fsp3) is 0.364. The van der Waals surface area contributed by atoms with Gasteiger partial charge in [0.2, 0.25) is 5.91 Å². The molecule has 158 valence electrons. The number of amides is 2. The summed E-state index contributed by atoms with van der Waals surface area (Å²) in [6.07, 6.45) is -2.96. The SMILES string of the molecule is O=C(Nc1ccc2c(c1)CN(C(=O)[C@H]1CCOC1)CC2)c1ccc(C(F)(F)F)cc1. The molecule has 1 saturated heterocycles. The number of halogens is 3. The fourth-order valence-corrected chi connectivity index (χ4v) is 3.82. The second-order valence-electron chi connectivity index (χ2n) is 7.58. The first kappa shape index (κ1) is 20.4. The minimum Gasteiger partial charge on any atom is -0.381 e. The summed E-state index contributed by atoms with van der Waals surface area (Å²) < 4.78 is 43.4. The average Bonchev–Trinajstić information content (AvgIpc) is 3.27. The molecule has 0 radical (unpaired) electrons. The van der Waals surface area contributed by atoms with E-state index in [1.165, 1.54) is 0 Å². The number of fused-ring (bicyclic) bond motifs is 1. The molecule has 0 unspecified atom stereocenters. The van der Waals surface area contributed by atoms with Gasteiger partial charge in [0.25, 0.3) is 5.91 Å². The Labute approximate surface area is 171 Å². The highest BCUT2D eigenvalue weighted by molar-refractivity contribution is 6.04. The number of ether oxygens (including phenoxy) is 1. The molecule has 0 saturated carbocycles. The molecular formula is C22H21F3N2O3. The van der Waals surface area contributed by atoms with Crippen LogP contribution in [0.4, 0.5) is 18.9 Å². The van der Waals surface area contributed by atoms with Gasteiger partial charge in [0.05, 0.1) is 18.1 Å². The van der Waals surface area contributed by atoms with Crippen molar-refractivity contribution in [2.24, 2.45) is 5.92 Å². The number of carbonyl (C=O) groups excluding carboxylic acids is 2. The third-order valence-electron chi connectivity index (χ3n) is 5.54. The summed E-state index contributed by atoms with van der Waals surface area (Å²) in [4.78, 5) is 26.9. The van der Waals surface area contributed by atoms with Crippen molar-refractivity contribution < 1.29 is 27.5 Å². The summed E-state index contributed by atoms with van der Waals surface area (Å²) in [7, 11) is 0. The third kappa shape index (κ3) is 4.33. The van der Waals surface area contributed by atoms with E-state index in [4.69, 9.17) is 4.74 Å². The fourth-order valence-electron chi connectivity index (χ4n) is 3.82. The maximum atomic E-state index is 12.7. The molecule has 4 rings (SSSR count). The molecule has 0 aromatic heterocycles. The molecule has 0 aliphatic carbocycles. The van der Waals surface area contributed by atoms with Crippen LogP contribution in [0, 0.1) is 5.92 Å². The van der Waals surface area contributed by atoms with Gasteiger partial charge in [0.1, 0.15) is 0 Å². The van der Waals surface area contributed by atoms with E-state index < -0.39 is 17.6 Å². The Bertz CT molecular complexity index is 951. The maximum Gasteiger partial charge on any atom is 0.416 e. The molecule has 2 aromatic carbocycles. The first-order chi connectivity index (χ1) is 14.3. The number of carbonyl (C=O) groups is 2. The van der Waals surface area contributed by atoms with Crippen LogP contribution in [0.1, 0.15) is 33.5 Å². The van der Waals surface area contributed by atoms with E-state index in [-0.39, 0.29) is 17.4 Å². The quantitative estimate of drug-likeness (QED) is 0.823. The van der Waals surface area contributed by atoms with Gasteiger partial charge in [-0.05, 0) is 60.4 Å². The summed E-state index contributed by atoms with van der Waals surface area (Å²) in [6, 6.07) is 9.58. The molecule has 2 aromatic rings. The van der Waals surface area contributed by atoms with E-state index in [2.05, 4.69) is 5.32 Å². The van der Waals surface area contributed by atoms with E-state index >= 15 is 0 Å². The topological polar surface area (TPSA) is 58.6 Å². The number of alkyl halides is 3. The van der Waals surface area contributed by atoms with Gasteiger partial charge in [-0.15, -0.1) is 0 Å². The van der Waals surface area contributed by atoms with Gasteiger partial charge in [0, 0.05) is 30.9 Å². The molecule has 0 bridgehead atoms. The van der Waals surface area contributed by atoms with E-state index in [0.717, 1.165) is 48.2 Å². The highest BCUT2D eigenvalue weighted by Gasteiger charge is 2.31. The Balaban J connectivity index is 1.44. The zero-order valence-electron chi connectivity index (χ0n) is 16.2. The molecule has 2 aliphatic heterocycles. The van der Waals surface area contributed by atoms with Crippen molar-refractivity contribution in [1.82, 2.24) is 4.90 Å². The molecular weight excluding hydrogens is 397 g/mol. The molecule has 1 atom stereocenters. The lowest BCUT2D eigenvalue weighted by molar-refractivity contribution is -0.138. The van der Waals surface area contributed by atoms with Crippen LogP contribution in [0.5, 0.6) is 0 Å². The van der Waals surface area contributed by atoms with Crippen molar-refractivity contribution in [2.75, 3.05) is 25.1 Å². The molecule has 30 heavy (non-hydrogen) atoms. The normalized spacial score (nSPS) is 18.8. The molecule has 8 heteroatoms. The monoisotopic (exact) mass is 418 g/mol. The van der Waals surface area contributed by atoms with Crippen LogP contribution in [0.3, 0.4) is 0 Å². The maximum absolute atomic E-state index is 12.7. The number of benzene rings is 2. The summed E-state index contributed by atoms with van der Waals surface area (Å²) in [5, 5.41) is 2.72. The summed E-state index contributed by atoms with van der Waals surface area (Å²) in [6.45, 7) is 2.20. The third-order valence-corrected chi connectivity index (χ3v) is 5.54. The van der Waals surface area contributed by atoms with E-state index in [1.807, 2.05) is 17.0 Å². The van der Waals surface area contributed by atoms with Crippen LogP contribution in [-0.4, -0.2) is 36.5 Å². The van der Waals surface area contributed by atoms with E-state index in [1.54, 1.807) is 6.07 Å². The minimum atomic E-state index is -4.44. The molecule has 2 aliphatic rings.